The number of hydrogen-bond donors (Lipinski definition) is 1. The van der Waals surface area contributed by atoms with Crippen molar-refractivity contribution in [3.8, 4) is 17.4 Å². The van der Waals surface area contributed by atoms with E-state index in [0.717, 1.165) is 24.7 Å². The molecular weight excluding hydrogens is 435 g/mol. The van der Waals surface area contributed by atoms with Crippen LogP contribution in [0.25, 0.3) is 0 Å². The highest BCUT2D eigenvalue weighted by atomic mass is 32.2. The molecule has 1 heterocycles. The predicted molar refractivity (Wildman–Crippen MR) is 117 cm³/mol. The number of aromatic nitrogens is 1. The molecule has 0 unspecified atom stereocenters. The number of anilines is 1. The average molecular weight is 456 g/mol. The lowest BCUT2D eigenvalue weighted by Crippen LogP contribution is -2.15. The summed E-state index contributed by atoms with van der Waals surface area (Å²) < 4.78 is 48.2. The van der Waals surface area contributed by atoms with Crippen molar-refractivity contribution in [2.45, 2.75) is 23.7 Å². The molecular formula is C23H21FN2O5S. The molecule has 7 nitrogen and oxygen atoms in total. The summed E-state index contributed by atoms with van der Waals surface area (Å²) in [7, 11) is -2.05. The van der Waals surface area contributed by atoms with Gasteiger partial charge in [0.25, 0.3) is 5.91 Å². The number of pyridine rings is 1. The summed E-state index contributed by atoms with van der Waals surface area (Å²) in [5.41, 5.74) is 1.41. The van der Waals surface area contributed by atoms with E-state index in [2.05, 4.69) is 10.3 Å². The minimum absolute atomic E-state index is 0.0241. The van der Waals surface area contributed by atoms with Gasteiger partial charge in [-0.05, 0) is 60.7 Å². The minimum Gasteiger partial charge on any atom is -0.493 e. The van der Waals surface area contributed by atoms with E-state index >= 15 is 0 Å². The number of carbonyl (C=O) groups is 1. The van der Waals surface area contributed by atoms with Gasteiger partial charge in [-0.1, -0.05) is 6.07 Å². The molecule has 0 bridgehead atoms. The number of halogens is 1. The molecule has 0 saturated heterocycles. The van der Waals surface area contributed by atoms with Gasteiger partial charge >= 0.3 is 0 Å². The van der Waals surface area contributed by atoms with Crippen molar-refractivity contribution in [1.82, 2.24) is 4.98 Å². The lowest BCUT2D eigenvalue weighted by atomic mass is 10.1. The zero-order valence-corrected chi connectivity index (χ0v) is 18.3. The molecule has 0 atom stereocenters. The summed E-state index contributed by atoms with van der Waals surface area (Å²) in [6.07, 6.45) is 4.79. The van der Waals surface area contributed by atoms with Crippen molar-refractivity contribution in [1.29, 1.82) is 0 Å². The fourth-order valence-corrected chi connectivity index (χ4v) is 3.85. The first-order valence-corrected chi connectivity index (χ1v) is 11.8. The molecule has 0 aliphatic heterocycles. The van der Waals surface area contributed by atoms with Crippen LogP contribution in [0.2, 0.25) is 0 Å². The zero-order chi connectivity index (χ0) is 22.9. The number of nitrogens with zero attached hydrogens (tertiary/aromatic N) is 1. The SMILES string of the molecule is COc1cc(F)ccc1Oc1ncc(C2CC2)cc1C(=O)Nc1cccc(S(C)(=O)=O)c1. The third-order valence-corrected chi connectivity index (χ3v) is 6.13. The van der Waals surface area contributed by atoms with Crippen LogP contribution in [-0.2, 0) is 9.84 Å². The fourth-order valence-electron chi connectivity index (χ4n) is 3.19. The van der Waals surface area contributed by atoms with Crippen molar-refractivity contribution < 1.29 is 27.1 Å². The predicted octanol–water partition coefficient (Wildman–Crippen LogP) is 4.55. The van der Waals surface area contributed by atoms with Crippen LogP contribution in [0.1, 0.15) is 34.7 Å². The number of methoxy groups -OCH3 is 1. The Balaban J connectivity index is 1.68. The van der Waals surface area contributed by atoms with Gasteiger partial charge in [-0.3, -0.25) is 4.79 Å². The lowest BCUT2D eigenvalue weighted by molar-refractivity contribution is 0.102. The Morgan fingerprint density at radius 2 is 1.91 bits per heavy atom. The molecule has 2 aromatic carbocycles. The van der Waals surface area contributed by atoms with Crippen LogP contribution in [0.3, 0.4) is 0 Å². The maximum absolute atomic E-state index is 13.5. The van der Waals surface area contributed by atoms with E-state index in [1.54, 1.807) is 24.4 Å². The summed E-state index contributed by atoms with van der Waals surface area (Å²) in [5, 5.41) is 2.71. The molecule has 0 radical (unpaired) electrons. The standard InChI is InChI=1S/C23H21FN2O5S/c1-30-21-11-16(24)8-9-20(21)31-23-19(10-15(13-25-23)14-6-7-14)22(27)26-17-4-3-5-18(12-17)32(2,28)29/h3-5,8-14H,6-7H2,1-2H3,(H,26,27). The first-order valence-electron chi connectivity index (χ1n) is 9.87. The van der Waals surface area contributed by atoms with Gasteiger partial charge in [-0.15, -0.1) is 0 Å². The summed E-state index contributed by atoms with van der Waals surface area (Å²) >= 11 is 0. The molecule has 1 N–H and O–H groups in total. The summed E-state index contributed by atoms with van der Waals surface area (Å²) in [6, 6.07) is 11.5. The number of hydrogen-bond acceptors (Lipinski definition) is 6. The van der Waals surface area contributed by atoms with Crippen LogP contribution in [0, 0.1) is 5.82 Å². The quantitative estimate of drug-likeness (QED) is 0.560. The summed E-state index contributed by atoms with van der Waals surface area (Å²) in [4.78, 5) is 17.5. The Hall–Kier alpha value is -3.46. The van der Waals surface area contributed by atoms with Gasteiger partial charge in [0.2, 0.25) is 5.88 Å². The van der Waals surface area contributed by atoms with Gasteiger partial charge in [0, 0.05) is 24.2 Å². The Bertz CT molecular complexity index is 1290. The fraction of sp³-hybridized carbons (Fsp3) is 0.217. The van der Waals surface area contributed by atoms with Crippen molar-refractivity contribution in [2.75, 3.05) is 18.7 Å². The maximum atomic E-state index is 13.5. The Morgan fingerprint density at radius 1 is 1.12 bits per heavy atom. The van der Waals surface area contributed by atoms with Crippen molar-refractivity contribution in [3.05, 3.63) is 71.7 Å². The number of ether oxygens (including phenoxy) is 2. The highest BCUT2D eigenvalue weighted by Gasteiger charge is 2.27. The molecule has 4 rings (SSSR count). The highest BCUT2D eigenvalue weighted by Crippen LogP contribution is 2.41. The molecule has 1 aliphatic rings. The number of nitrogens with one attached hydrogen (secondary N) is 1. The van der Waals surface area contributed by atoms with Crippen LogP contribution < -0.4 is 14.8 Å². The van der Waals surface area contributed by atoms with E-state index in [9.17, 15) is 17.6 Å². The number of carbonyl (C=O) groups excluding carboxylic acids is 1. The molecule has 1 saturated carbocycles. The van der Waals surface area contributed by atoms with Crippen LogP contribution in [-0.4, -0.2) is 32.7 Å². The van der Waals surface area contributed by atoms with Gasteiger partial charge < -0.3 is 14.8 Å². The van der Waals surface area contributed by atoms with Crippen LogP contribution in [0.5, 0.6) is 17.4 Å². The molecule has 1 aromatic heterocycles. The first kappa shape index (κ1) is 21.8. The number of benzene rings is 2. The molecule has 32 heavy (non-hydrogen) atoms. The Labute approximate surface area is 185 Å². The monoisotopic (exact) mass is 456 g/mol. The van der Waals surface area contributed by atoms with E-state index in [4.69, 9.17) is 9.47 Å². The second-order valence-electron chi connectivity index (χ2n) is 7.55. The van der Waals surface area contributed by atoms with Crippen LogP contribution >= 0.6 is 0 Å². The van der Waals surface area contributed by atoms with Gasteiger partial charge in [-0.2, -0.15) is 0 Å². The smallest absolute Gasteiger partial charge is 0.261 e. The Kier molecular flexibility index (Phi) is 5.84. The topological polar surface area (TPSA) is 94.6 Å². The van der Waals surface area contributed by atoms with Crippen LogP contribution in [0.15, 0.2) is 59.6 Å². The number of amides is 1. The van der Waals surface area contributed by atoms with E-state index in [1.807, 2.05) is 0 Å². The molecule has 0 spiro atoms. The maximum Gasteiger partial charge on any atom is 0.261 e. The van der Waals surface area contributed by atoms with Gasteiger partial charge in [0.05, 0.1) is 12.0 Å². The average Bonchev–Trinajstić information content (AvgIpc) is 3.60. The normalized spacial score (nSPS) is 13.5. The zero-order valence-electron chi connectivity index (χ0n) is 17.5. The summed E-state index contributed by atoms with van der Waals surface area (Å²) in [5.74, 6) is -0.274. The number of rotatable bonds is 7. The van der Waals surface area contributed by atoms with Crippen molar-refractivity contribution in [2.24, 2.45) is 0 Å². The second kappa shape index (κ2) is 8.58. The number of sulfone groups is 1. The molecule has 3 aromatic rings. The third kappa shape index (κ3) is 4.88. The summed E-state index contributed by atoms with van der Waals surface area (Å²) in [6.45, 7) is 0. The van der Waals surface area contributed by atoms with E-state index in [-0.39, 0.29) is 27.8 Å². The molecule has 9 heteroatoms. The van der Waals surface area contributed by atoms with Crippen molar-refractivity contribution in [3.63, 3.8) is 0 Å². The molecule has 166 valence electrons. The van der Waals surface area contributed by atoms with Crippen LogP contribution in [0.4, 0.5) is 10.1 Å². The van der Waals surface area contributed by atoms with Gasteiger partial charge in [-0.25, -0.2) is 17.8 Å². The van der Waals surface area contributed by atoms with E-state index < -0.39 is 21.6 Å². The Morgan fingerprint density at radius 3 is 2.59 bits per heavy atom. The van der Waals surface area contributed by atoms with Crippen molar-refractivity contribution >= 4 is 21.4 Å². The molecule has 1 aliphatic carbocycles. The lowest BCUT2D eigenvalue weighted by Gasteiger charge is -2.14. The van der Waals surface area contributed by atoms with E-state index in [0.29, 0.717) is 11.6 Å². The highest BCUT2D eigenvalue weighted by molar-refractivity contribution is 7.90. The molecule has 1 amide bonds. The van der Waals surface area contributed by atoms with Gasteiger partial charge in [0.1, 0.15) is 11.4 Å². The first-order chi connectivity index (χ1) is 15.2. The van der Waals surface area contributed by atoms with E-state index in [1.165, 1.54) is 37.4 Å². The largest absolute Gasteiger partial charge is 0.493 e. The molecule has 1 fully saturated rings. The van der Waals surface area contributed by atoms with Gasteiger partial charge in [0.15, 0.2) is 21.3 Å². The minimum atomic E-state index is -3.43. The third-order valence-electron chi connectivity index (χ3n) is 5.02. The second-order valence-corrected chi connectivity index (χ2v) is 9.56.